The van der Waals surface area contributed by atoms with Crippen LogP contribution in [0.15, 0.2) is 24.3 Å². The predicted octanol–water partition coefficient (Wildman–Crippen LogP) is 1.40. The van der Waals surface area contributed by atoms with Crippen molar-refractivity contribution in [2.24, 2.45) is 5.73 Å². The number of amides is 1. The van der Waals surface area contributed by atoms with Crippen LogP contribution in [-0.2, 0) is 16.6 Å². The van der Waals surface area contributed by atoms with Crippen molar-refractivity contribution in [1.29, 1.82) is 0 Å². The molecule has 0 saturated carbocycles. The largest absolute Gasteiger partial charge is 0.416 e. The first-order valence-corrected chi connectivity index (χ1v) is 4.35. The molecule has 3 N–H and O–H groups in total. The molecule has 0 saturated heterocycles. The third-order valence-electron chi connectivity index (χ3n) is 2.23. The van der Waals surface area contributed by atoms with Gasteiger partial charge in [-0.2, -0.15) is 13.2 Å². The van der Waals surface area contributed by atoms with Crippen LogP contribution in [0.5, 0.6) is 0 Å². The first-order chi connectivity index (χ1) is 7.15. The fraction of sp³-hybridized carbons (Fsp3) is 0.300. The molecule has 0 aliphatic rings. The van der Waals surface area contributed by atoms with E-state index in [-0.39, 0.29) is 5.56 Å². The summed E-state index contributed by atoms with van der Waals surface area (Å²) in [7, 11) is 0. The maximum atomic E-state index is 12.4. The highest BCUT2D eigenvalue weighted by atomic mass is 19.4. The Balaban J connectivity index is 3.23. The number of benzene rings is 1. The zero-order chi connectivity index (χ0) is 12.6. The second-order valence-corrected chi connectivity index (χ2v) is 3.52. The van der Waals surface area contributed by atoms with Crippen LogP contribution in [0.3, 0.4) is 0 Å². The molecule has 0 spiro atoms. The van der Waals surface area contributed by atoms with Gasteiger partial charge in [-0.15, -0.1) is 0 Å². The number of rotatable bonds is 2. The molecule has 3 nitrogen and oxygen atoms in total. The number of nitrogens with two attached hydrogens (primary N) is 1. The van der Waals surface area contributed by atoms with E-state index in [0.717, 1.165) is 19.1 Å². The number of primary amides is 1. The third kappa shape index (κ3) is 2.33. The lowest BCUT2D eigenvalue weighted by atomic mass is 9.94. The van der Waals surface area contributed by atoms with Crippen molar-refractivity contribution >= 4 is 5.91 Å². The zero-order valence-electron chi connectivity index (χ0n) is 8.38. The van der Waals surface area contributed by atoms with Gasteiger partial charge in [-0.05, 0) is 24.6 Å². The Labute approximate surface area is 89.7 Å². The van der Waals surface area contributed by atoms with Crippen molar-refractivity contribution < 1.29 is 23.1 Å². The van der Waals surface area contributed by atoms with Gasteiger partial charge in [0.1, 0.15) is 0 Å². The number of hydrogen-bond donors (Lipinski definition) is 2. The fourth-order valence-corrected chi connectivity index (χ4v) is 1.14. The van der Waals surface area contributed by atoms with Crippen LogP contribution in [0, 0.1) is 0 Å². The van der Waals surface area contributed by atoms with Gasteiger partial charge in [0.05, 0.1) is 5.56 Å². The number of aliphatic hydroxyl groups is 1. The van der Waals surface area contributed by atoms with E-state index in [9.17, 15) is 23.1 Å². The standard InChI is InChI=1S/C10H10F3NO2/c1-9(16,8(14)15)6-3-2-4-7(5-6)10(11,12)13/h2-5,16H,1H3,(H2,14,15). The molecule has 1 rings (SSSR count). The van der Waals surface area contributed by atoms with Crippen molar-refractivity contribution in [2.45, 2.75) is 18.7 Å². The van der Waals surface area contributed by atoms with E-state index in [2.05, 4.69) is 0 Å². The molecule has 0 aliphatic carbocycles. The highest BCUT2D eigenvalue weighted by molar-refractivity contribution is 5.84. The van der Waals surface area contributed by atoms with E-state index in [4.69, 9.17) is 5.73 Å². The molecule has 0 heterocycles. The van der Waals surface area contributed by atoms with Crippen LogP contribution in [0.2, 0.25) is 0 Å². The molecule has 1 amide bonds. The highest BCUT2D eigenvalue weighted by Crippen LogP contribution is 2.31. The summed E-state index contributed by atoms with van der Waals surface area (Å²) < 4.78 is 37.1. The van der Waals surface area contributed by atoms with Gasteiger partial charge in [0.15, 0.2) is 5.60 Å². The van der Waals surface area contributed by atoms with Crippen LogP contribution < -0.4 is 5.73 Å². The minimum absolute atomic E-state index is 0.185. The first-order valence-electron chi connectivity index (χ1n) is 4.35. The summed E-state index contributed by atoms with van der Waals surface area (Å²) >= 11 is 0. The Morgan fingerprint density at radius 3 is 2.25 bits per heavy atom. The van der Waals surface area contributed by atoms with E-state index in [1.807, 2.05) is 0 Å². The fourth-order valence-electron chi connectivity index (χ4n) is 1.14. The minimum atomic E-state index is -4.52. The van der Waals surface area contributed by atoms with E-state index in [1.54, 1.807) is 0 Å². The van der Waals surface area contributed by atoms with Crippen LogP contribution in [0.1, 0.15) is 18.1 Å². The second-order valence-electron chi connectivity index (χ2n) is 3.52. The molecule has 0 aliphatic heterocycles. The van der Waals surface area contributed by atoms with Crippen LogP contribution in [0.4, 0.5) is 13.2 Å². The zero-order valence-corrected chi connectivity index (χ0v) is 8.38. The van der Waals surface area contributed by atoms with Crippen LogP contribution in [0.25, 0.3) is 0 Å². The van der Waals surface area contributed by atoms with Crippen molar-refractivity contribution in [1.82, 2.24) is 0 Å². The molecule has 88 valence electrons. The van der Waals surface area contributed by atoms with Crippen molar-refractivity contribution in [3.8, 4) is 0 Å². The molecule has 1 aromatic carbocycles. The van der Waals surface area contributed by atoms with E-state index in [1.165, 1.54) is 6.07 Å². The van der Waals surface area contributed by atoms with Gasteiger partial charge in [0, 0.05) is 0 Å². The van der Waals surface area contributed by atoms with E-state index in [0.29, 0.717) is 6.07 Å². The van der Waals surface area contributed by atoms with Crippen molar-refractivity contribution in [3.05, 3.63) is 35.4 Å². The molecule has 0 fully saturated rings. The predicted molar refractivity (Wildman–Crippen MR) is 50.2 cm³/mol. The van der Waals surface area contributed by atoms with Crippen molar-refractivity contribution in [2.75, 3.05) is 0 Å². The molecular formula is C10H10F3NO2. The third-order valence-corrected chi connectivity index (χ3v) is 2.23. The maximum absolute atomic E-state index is 12.4. The number of alkyl halides is 3. The monoisotopic (exact) mass is 233 g/mol. The van der Waals surface area contributed by atoms with Crippen LogP contribution >= 0.6 is 0 Å². The lowest BCUT2D eigenvalue weighted by molar-refractivity contribution is -0.139. The van der Waals surface area contributed by atoms with Gasteiger partial charge in [-0.25, -0.2) is 0 Å². The number of carbonyl (C=O) groups is 1. The van der Waals surface area contributed by atoms with Gasteiger partial charge in [0.25, 0.3) is 5.91 Å². The second kappa shape index (κ2) is 3.79. The summed E-state index contributed by atoms with van der Waals surface area (Å²) in [6.45, 7) is 1.05. The Hall–Kier alpha value is -1.56. The number of hydrogen-bond acceptors (Lipinski definition) is 2. The molecule has 0 radical (unpaired) electrons. The summed E-state index contributed by atoms with van der Waals surface area (Å²) in [5.74, 6) is -1.10. The normalized spacial score (nSPS) is 15.6. The molecule has 1 unspecified atom stereocenters. The lowest BCUT2D eigenvalue weighted by Crippen LogP contribution is -2.38. The molecule has 0 aromatic heterocycles. The van der Waals surface area contributed by atoms with Gasteiger partial charge >= 0.3 is 6.18 Å². The maximum Gasteiger partial charge on any atom is 0.416 e. The van der Waals surface area contributed by atoms with Gasteiger partial charge < -0.3 is 10.8 Å². The first kappa shape index (κ1) is 12.5. The summed E-state index contributed by atoms with van der Waals surface area (Å²) in [5.41, 5.74) is 1.66. The lowest BCUT2D eigenvalue weighted by Gasteiger charge is -2.20. The van der Waals surface area contributed by atoms with E-state index < -0.39 is 23.2 Å². The average molecular weight is 233 g/mol. The molecule has 16 heavy (non-hydrogen) atoms. The Kier molecular flexibility index (Phi) is 2.96. The summed E-state index contributed by atoms with van der Waals surface area (Å²) in [4.78, 5) is 10.9. The Morgan fingerprint density at radius 2 is 1.81 bits per heavy atom. The number of halogens is 3. The van der Waals surface area contributed by atoms with Gasteiger partial charge in [0.2, 0.25) is 0 Å². The summed E-state index contributed by atoms with van der Waals surface area (Å²) in [6.07, 6.45) is -4.52. The van der Waals surface area contributed by atoms with E-state index >= 15 is 0 Å². The molecule has 1 atom stereocenters. The van der Waals surface area contributed by atoms with Gasteiger partial charge in [-0.3, -0.25) is 4.79 Å². The average Bonchev–Trinajstić information content (AvgIpc) is 2.16. The topological polar surface area (TPSA) is 63.3 Å². The summed E-state index contributed by atoms with van der Waals surface area (Å²) in [6, 6.07) is 3.86. The SMILES string of the molecule is CC(O)(C(N)=O)c1cccc(C(F)(F)F)c1. The van der Waals surface area contributed by atoms with Crippen molar-refractivity contribution in [3.63, 3.8) is 0 Å². The number of carbonyl (C=O) groups excluding carboxylic acids is 1. The molecule has 6 heteroatoms. The Bertz CT molecular complexity index is 413. The molecular weight excluding hydrogens is 223 g/mol. The van der Waals surface area contributed by atoms with Crippen LogP contribution in [-0.4, -0.2) is 11.0 Å². The minimum Gasteiger partial charge on any atom is -0.376 e. The molecule has 1 aromatic rings. The highest BCUT2D eigenvalue weighted by Gasteiger charge is 2.35. The molecule has 0 bridgehead atoms. The summed E-state index contributed by atoms with van der Waals surface area (Å²) in [5, 5.41) is 9.61. The quantitative estimate of drug-likeness (QED) is 0.810. The Morgan fingerprint density at radius 1 is 1.31 bits per heavy atom. The van der Waals surface area contributed by atoms with Gasteiger partial charge in [-0.1, -0.05) is 12.1 Å². The smallest absolute Gasteiger partial charge is 0.376 e.